The molecule has 0 aliphatic heterocycles. The first-order valence-corrected chi connectivity index (χ1v) is 5.27. The van der Waals surface area contributed by atoms with E-state index in [0.717, 1.165) is 0 Å². The van der Waals surface area contributed by atoms with Gasteiger partial charge in [0.25, 0.3) is 0 Å². The molecule has 1 aromatic carbocycles. The Morgan fingerprint density at radius 1 is 1.38 bits per heavy atom. The van der Waals surface area contributed by atoms with Crippen LogP contribution >= 0.6 is 0 Å². The first kappa shape index (κ1) is 12.5. The molecule has 0 heterocycles. The normalized spacial score (nSPS) is 10.5. The Morgan fingerprint density at radius 2 is 2.00 bits per heavy atom. The van der Waals surface area contributed by atoms with Gasteiger partial charge in [0.2, 0.25) is 0 Å². The van der Waals surface area contributed by atoms with Gasteiger partial charge >= 0.3 is 5.97 Å². The van der Waals surface area contributed by atoms with Gasteiger partial charge in [0.15, 0.2) is 0 Å². The van der Waals surface area contributed by atoms with Gasteiger partial charge in [0.1, 0.15) is 0 Å². The fraction of sp³-hybridized carbons (Fsp3) is 0.417. The van der Waals surface area contributed by atoms with Gasteiger partial charge < -0.3 is 15.1 Å². The van der Waals surface area contributed by atoms with Crippen molar-refractivity contribution in [3.63, 3.8) is 0 Å². The maximum atomic E-state index is 11.1. The highest BCUT2D eigenvalue weighted by molar-refractivity contribution is 5.94. The van der Waals surface area contributed by atoms with Crippen molar-refractivity contribution in [1.82, 2.24) is 0 Å². The van der Waals surface area contributed by atoms with Gasteiger partial charge in [-0.3, -0.25) is 0 Å². The molecule has 1 rings (SSSR count). The fourth-order valence-corrected chi connectivity index (χ4v) is 1.67. The van der Waals surface area contributed by atoms with E-state index in [2.05, 4.69) is 0 Å². The predicted octanol–water partition coefficient (Wildman–Crippen LogP) is 1.59. The highest BCUT2D eigenvalue weighted by atomic mass is 16.4. The molecule has 4 nitrogen and oxygen atoms in total. The van der Waals surface area contributed by atoms with Crippen LogP contribution in [0.1, 0.15) is 24.2 Å². The van der Waals surface area contributed by atoms with Crippen molar-refractivity contribution in [3.05, 3.63) is 29.8 Å². The number of para-hydroxylation sites is 1. The molecule has 0 aromatic heterocycles. The highest BCUT2D eigenvalue weighted by Gasteiger charge is 2.16. The second kappa shape index (κ2) is 5.51. The van der Waals surface area contributed by atoms with Crippen molar-refractivity contribution in [3.8, 4) is 0 Å². The number of benzene rings is 1. The SMILES string of the molecule is CC(C)N(CCO)c1ccccc1C(=O)O. The maximum Gasteiger partial charge on any atom is 0.337 e. The van der Waals surface area contributed by atoms with Gasteiger partial charge in [-0.2, -0.15) is 0 Å². The zero-order chi connectivity index (χ0) is 12.1. The number of nitrogens with zero attached hydrogens (tertiary/aromatic N) is 1. The van der Waals surface area contributed by atoms with Crippen molar-refractivity contribution in [2.45, 2.75) is 19.9 Å². The Labute approximate surface area is 95.1 Å². The third kappa shape index (κ3) is 2.73. The molecule has 0 aliphatic rings. The smallest absolute Gasteiger partial charge is 0.337 e. The zero-order valence-corrected chi connectivity index (χ0v) is 9.55. The van der Waals surface area contributed by atoms with Crippen molar-refractivity contribution in [2.75, 3.05) is 18.1 Å². The topological polar surface area (TPSA) is 60.8 Å². The lowest BCUT2D eigenvalue weighted by molar-refractivity contribution is 0.0697. The molecular formula is C12H17NO3. The minimum atomic E-state index is -0.945. The predicted molar refractivity (Wildman–Crippen MR) is 63.0 cm³/mol. The monoisotopic (exact) mass is 223 g/mol. The van der Waals surface area contributed by atoms with E-state index >= 15 is 0 Å². The van der Waals surface area contributed by atoms with Gasteiger partial charge in [0, 0.05) is 12.6 Å². The Hall–Kier alpha value is -1.55. The molecule has 88 valence electrons. The molecule has 0 spiro atoms. The largest absolute Gasteiger partial charge is 0.478 e. The molecule has 0 amide bonds. The van der Waals surface area contributed by atoms with E-state index < -0.39 is 5.97 Å². The van der Waals surface area contributed by atoms with Crippen LogP contribution in [0.25, 0.3) is 0 Å². The summed E-state index contributed by atoms with van der Waals surface area (Å²) in [6.07, 6.45) is 0. The van der Waals surface area contributed by atoms with E-state index in [1.54, 1.807) is 24.3 Å². The molecule has 2 N–H and O–H groups in total. The Morgan fingerprint density at radius 3 is 2.50 bits per heavy atom. The number of aliphatic hydroxyl groups is 1. The minimum absolute atomic E-state index is 0.00608. The van der Waals surface area contributed by atoms with E-state index in [1.165, 1.54) is 0 Å². The third-order valence-corrected chi connectivity index (χ3v) is 2.41. The molecule has 4 heteroatoms. The number of hydrogen-bond donors (Lipinski definition) is 2. The Bertz CT molecular complexity index is 363. The van der Waals surface area contributed by atoms with Crippen LogP contribution in [0, 0.1) is 0 Å². The van der Waals surface area contributed by atoms with Gasteiger partial charge in [-0.15, -0.1) is 0 Å². The van der Waals surface area contributed by atoms with Gasteiger partial charge in [-0.25, -0.2) is 4.79 Å². The number of carboxylic acids is 1. The lowest BCUT2D eigenvalue weighted by Gasteiger charge is -2.29. The first-order valence-electron chi connectivity index (χ1n) is 5.27. The number of aromatic carboxylic acids is 1. The molecule has 0 radical (unpaired) electrons. The number of aliphatic hydroxyl groups excluding tert-OH is 1. The quantitative estimate of drug-likeness (QED) is 0.795. The highest BCUT2D eigenvalue weighted by Crippen LogP contribution is 2.22. The lowest BCUT2D eigenvalue weighted by atomic mass is 10.1. The molecule has 0 saturated heterocycles. The van der Waals surface area contributed by atoms with Crippen LogP contribution in [0.3, 0.4) is 0 Å². The summed E-state index contributed by atoms with van der Waals surface area (Å²) in [5, 5.41) is 18.1. The van der Waals surface area contributed by atoms with Crippen LogP contribution in [0.15, 0.2) is 24.3 Å². The zero-order valence-electron chi connectivity index (χ0n) is 9.55. The summed E-state index contributed by atoms with van der Waals surface area (Å²) in [6.45, 7) is 4.37. The summed E-state index contributed by atoms with van der Waals surface area (Å²) in [6, 6.07) is 6.98. The molecule has 16 heavy (non-hydrogen) atoms. The summed E-state index contributed by atoms with van der Waals surface area (Å²) in [5.41, 5.74) is 0.920. The first-order chi connectivity index (χ1) is 7.57. The Kier molecular flexibility index (Phi) is 4.31. The summed E-state index contributed by atoms with van der Waals surface area (Å²) in [4.78, 5) is 12.9. The standard InChI is InChI=1S/C12H17NO3/c1-9(2)13(7-8-14)11-6-4-3-5-10(11)12(15)16/h3-6,9,14H,7-8H2,1-2H3,(H,15,16). The second-order valence-corrected chi connectivity index (χ2v) is 3.83. The van der Waals surface area contributed by atoms with Gasteiger partial charge in [-0.05, 0) is 26.0 Å². The summed E-state index contributed by atoms with van der Waals surface area (Å²) in [7, 11) is 0. The van der Waals surface area contributed by atoms with E-state index in [1.807, 2.05) is 18.7 Å². The van der Waals surface area contributed by atoms with E-state index in [4.69, 9.17) is 10.2 Å². The van der Waals surface area contributed by atoms with Crippen LogP contribution in [0.4, 0.5) is 5.69 Å². The third-order valence-electron chi connectivity index (χ3n) is 2.41. The van der Waals surface area contributed by atoms with E-state index in [9.17, 15) is 4.79 Å². The van der Waals surface area contributed by atoms with Crippen molar-refractivity contribution in [2.24, 2.45) is 0 Å². The average Bonchev–Trinajstić information content (AvgIpc) is 2.25. The molecular weight excluding hydrogens is 206 g/mol. The van der Waals surface area contributed by atoms with Crippen LogP contribution in [-0.4, -0.2) is 35.4 Å². The fourth-order valence-electron chi connectivity index (χ4n) is 1.67. The number of carbonyl (C=O) groups is 1. The molecule has 0 aliphatic carbocycles. The van der Waals surface area contributed by atoms with Gasteiger partial charge in [-0.1, -0.05) is 12.1 Å². The second-order valence-electron chi connectivity index (χ2n) is 3.83. The number of hydrogen-bond acceptors (Lipinski definition) is 3. The summed E-state index contributed by atoms with van der Waals surface area (Å²) >= 11 is 0. The number of carboxylic acid groups (broad SMARTS) is 1. The minimum Gasteiger partial charge on any atom is -0.478 e. The number of anilines is 1. The van der Waals surface area contributed by atoms with Crippen LogP contribution in [0.5, 0.6) is 0 Å². The molecule has 0 saturated carbocycles. The molecule has 1 aromatic rings. The summed E-state index contributed by atoms with van der Waals surface area (Å²) in [5.74, 6) is -0.945. The van der Waals surface area contributed by atoms with E-state index in [0.29, 0.717) is 12.2 Å². The number of rotatable bonds is 5. The Balaban J connectivity index is 3.12. The van der Waals surface area contributed by atoms with Crippen LogP contribution in [-0.2, 0) is 0 Å². The van der Waals surface area contributed by atoms with Crippen molar-refractivity contribution >= 4 is 11.7 Å². The molecule has 0 fully saturated rings. The lowest BCUT2D eigenvalue weighted by Crippen LogP contribution is -2.34. The van der Waals surface area contributed by atoms with Crippen molar-refractivity contribution < 1.29 is 15.0 Å². The van der Waals surface area contributed by atoms with Crippen molar-refractivity contribution in [1.29, 1.82) is 0 Å². The summed E-state index contributed by atoms with van der Waals surface area (Å²) < 4.78 is 0. The molecule has 0 unspecified atom stereocenters. The van der Waals surface area contributed by atoms with E-state index in [-0.39, 0.29) is 18.2 Å². The van der Waals surface area contributed by atoms with Crippen LogP contribution < -0.4 is 4.90 Å². The van der Waals surface area contributed by atoms with Gasteiger partial charge in [0.05, 0.1) is 17.9 Å². The molecule has 0 atom stereocenters. The van der Waals surface area contributed by atoms with Crippen LogP contribution in [0.2, 0.25) is 0 Å². The maximum absolute atomic E-state index is 11.1. The average molecular weight is 223 g/mol. The molecule has 0 bridgehead atoms.